The van der Waals surface area contributed by atoms with Crippen LogP contribution in [0.2, 0.25) is 0 Å². The molecule has 0 fully saturated rings. The van der Waals surface area contributed by atoms with Gasteiger partial charge in [-0.25, -0.2) is 4.57 Å². The smallest absolute Gasteiger partial charge is 0.308 e. The Morgan fingerprint density at radius 3 is 2.68 bits per heavy atom. The van der Waals surface area contributed by atoms with Crippen LogP contribution in [-0.2, 0) is 9.53 Å². The van der Waals surface area contributed by atoms with Gasteiger partial charge in [0.15, 0.2) is 5.16 Å². The molecule has 0 radical (unpaired) electrons. The summed E-state index contributed by atoms with van der Waals surface area (Å²) in [4.78, 5) is 24.9. The van der Waals surface area contributed by atoms with E-state index >= 15 is 0 Å². The number of thioether (sulfide) groups is 1. The maximum atomic E-state index is 13.3. The van der Waals surface area contributed by atoms with Crippen molar-refractivity contribution in [3.05, 3.63) is 64.4 Å². The van der Waals surface area contributed by atoms with Gasteiger partial charge in [-0.05, 0) is 37.6 Å². The maximum Gasteiger partial charge on any atom is 0.308 e. The number of esters is 1. The third-order valence-corrected chi connectivity index (χ3v) is 5.94. The predicted molar refractivity (Wildman–Crippen MR) is 119 cm³/mol. The summed E-state index contributed by atoms with van der Waals surface area (Å²) in [5.74, 6) is 0.179. The summed E-state index contributed by atoms with van der Waals surface area (Å²) in [5, 5.41) is 19.8. The zero-order chi connectivity index (χ0) is 22.0. The molecular formula is C22H22N4O4S. The number of carbonyl (C=O) groups excluding carboxylic acids is 1. The highest BCUT2D eigenvalue weighted by molar-refractivity contribution is 7.99. The number of hydrogen-bond acceptors (Lipinski definition) is 7. The maximum absolute atomic E-state index is 13.3. The largest absolute Gasteiger partial charge is 0.466 e. The van der Waals surface area contributed by atoms with Crippen LogP contribution in [0.1, 0.15) is 18.9 Å². The van der Waals surface area contributed by atoms with Crippen LogP contribution in [0.5, 0.6) is 0 Å². The van der Waals surface area contributed by atoms with Gasteiger partial charge in [0.05, 0.1) is 35.7 Å². The van der Waals surface area contributed by atoms with Crippen LogP contribution in [-0.4, -0.2) is 48.7 Å². The number of aliphatic hydroxyl groups is 1. The highest BCUT2D eigenvalue weighted by atomic mass is 32.2. The molecule has 9 heteroatoms. The summed E-state index contributed by atoms with van der Waals surface area (Å²) in [6.45, 7) is 3.93. The molecule has 4 rings (SSSR count). The first-order valence-corrected chi connectivity index (χ1v) is 10.9. The van der Waals surface area contributed by atoms with Gasteiger partial charge >= 0.3 is 5.97 Å². The molecule has 31 heavy (non-hydrogen) atoms. The fourth-order valence-corrected chi connectivity index (χ4v) is 4.31. The molecule has 0 bridgehead atoms. The second-order valence-corrected chi connectivity index (χ2v) is 8.02. The van der Waals surface area contributed by atoms with Crippen LogP contribution in [0.3, 0.4) is 0 Å². The Kier molecular flexibility index (Phi) is 6.06. The van der Waals surface area contributed by atoms with Gasteiger partial charge < -0.3 is 9.84 Å². The molecule has 0 aliphatic rings. The van der Waals surface area contributed by atoms with Crippen molar-refractivity contribution >= 4 is 34.4 Å². The van der Waals surface area contributed by atoms with E-state index in [-0.39, 0.29) is 24.3 Å². The lowest BCUT2D eigenvalue weighted by molar-refractivity contribution is -0.144. The van der Waals surface area contributed by atoms with Gasteiger partial charge in [-0.3, -0.25) is 14.0 Å². The molecule has 0 amide bonds. The van der Waals surface area contributed by atoms with E-state index in [4.69, 9.17) is 4.74 Å². The van der Waals surface area contributed by atoms with Crippen molar-refractivity contribution in [3.63, 3.8) is 0 Å². The van der Waals surface area contributed by atoms with Crippen molar-refractivity contribution in [2.24, 2.45) is 0 Å². The number of rotatable bonds is 7. The predicted octanol–water partition coefficient (Wildman–Crippen LogP) is 2.75. The molecule has 2 aromatic heterocycles. The number of benzene rings is 2. The van der Waals surface area contributed by atoms with Crippen LogP contribution in [0.4, 0.5) is 0 Å². The minimum atomic E-state index is -0.884. The Labute approximate surface area is 182 Å². The molecule has 160 valence electrons. The topological polar surface area (TPSA) is 98.7 Å². The molecular weight excluding hydrogens is 416 g/mol. The first kappa shape index (κ1) is 21.1. The molecule has 1 atom stereocenters. The zero-order valence-corrected chi connectivity index (χ0v) is 18.0. The Balaban J connectivity index is 1.80. The summed E-state index contributed by atoms with van der Waals surface area (Å²) in [6, 6.07) is 14.9. The van der Waals surface area contributed by atoms with E-state index in [0.29, 0.717) is 21.8 Å². The van der Waals surface area contributed by atoms with Gasteiger partial charge in [-0.1, -0.05) is 42.1 Å². The number of nitrogens with zero attached hydrogens (tertiary/aromatic N) is 4. The van der Waals surface area contributed by atoms with E-state index in [9.17, 15) is 14.7 Å². The molecule has 1 unspecified atom stereocenters. The Morgan fingerprint density at radius 1 is 1.16 bits per heavy atom. The van der Waals surface area contributed by atoms with E-state index in [2.05, 4.69) is 10.2 Å². The van der Waals surface area contributed by atoms with Crippen molar-refractivity contribution in [3.8, 4) is 5.69 Å². The average Bonchev–Trinajstić information content (AvgIpc) is 3.17. The third kappa shape index (κ3) is 4.06. The first-order valence-electron chi connectivity index (χ1n) is 9.92. The number of fused-ring (bicyclic) bond motifs is 3. The second kappa shape index (κ2) is 8.91. The standard InChI is InChI=1S/C22H22N4O4S/c1-3-30-19(28)12-15(27)13-31-22-24-23-21-25(17-10-6-4-8-14(17)2)20(29)16-9-5-7-11-18(16)26(21)22/h4-11,15,27H,3,12-13H2,1-2H3. The summed E-state index contributed by atoms with van der Waals surface area (Å²) < 4.78 is 8.26. The van der Waals surface area contributed by atoms with Crippen molar-refractivity contribution in [1.29, 1.82) is 0 Å². The number of aliphatic hydroxyl groups excluding tert-OH is 1. The van der Waals surface area contributed by atoms with Gasteiger partial charge in [0.2, 0.25) is 5.78 Å². The SMILES string of the molecule is CCOC(=O)CC(O)CSc1nnc2n(-c3ccccc3C)c(=O)c3ccccc3n12. The highest BCUT2D eigenvalue weighted by Gasteiger charge is 2.20. The molecule has 0 saturated heterocycles. The highest BCUT2D eigenvalue weighted by Crippen LogP contribution is 2.24. The van der Waals surface area contributed by atoms with Crippen LogP contribution in [0.25, 0.3) is 22.4 Å². The molecule has 4 aromatic rings. The van der Waals surface area contributed by atoms with Gasteiger partial charge in [-0.15, -0.1) is 10.2 Å². The Hall–Kier alpha value is -3.17. The van der Waals surface area contributed by atoms with Crippen LogP contribution in [0.15, 0.2) is 58.5 Å². The summed E-state index contributed by atoms with van der Waals surface area (Å²) in [5.41, 5.74) is 2.17. The lowest BCUT2D eigenvalue weighted by atomic mass is 10.2. The van der Waals surface area contributed by atoms with E-state index in [1.165, 1.54) is 11.8 Å². The normalized spacial score (nSPS) is 12.4. The number of hydrogen-bond donors (Lipinski definition) is 1. The zero-order valence-electron chi connectivity index (χ0n) is 17.2. The molecule has 2 aromatic carbocycles. The number of para-hydroxylation sites is 2. The van der Waals surface area contributed by atoms with Crippen molar-refractivity contribution in [2.45, 2.75) is 31.5 Å². The number of carbonyl (C=O) groups is 1. The summed E-state index contributed by atoms with van der Waals surface area (Å²) in [7, 11) is 0. The van der Waals surface area contributed by atoms with Gasteiger partial charge in [-0.2, -0.15) is 0 Å². The van der Waals surface area contributed by atoms with Crippen molar-refractivity contribution in [1.82, 2.24) is 19.2 Å². The lowest BCUT2D eigenvalue weighted by Gasteiger charge is -2.13. The second-order valence-electron chi connectivity index (χ2n) is 7.04. The minimum Gasteiger partial charge on any atom is -0.466 e. The van der Waals surface area contributed by atoms with E-state index in [1.807, 2.05) is 53.8 Å². The lowest BCUT2D eigenvalue weighted by Crippen LogP contribution is -2.22. The van der Waals surface area contributed by atoms with E-state index < -0.39 is 12.1 Å². The number of ether oxygens (including phenoxy) is 1. The van der Waals surface area contributed by atoms with E-state index in [1.54, 1.807) is 17.6 Å². The molecule has 0 aliphatic heterocycles. The monoisotopic (exact) mass is 438 g/mol. The summed E-state index contributed by atoms with van der Waals surface area (Å²) in [6.07, 6.45) is -0.975. The molecule has 1 N–H and O–H groups in total. The van der Waals surface area contributed by atoms with Gasteiger partial charge in [0.25, 0.3) is 5.56 Å². The summed E-state index contributed by atoms with van der Waals surface area (Å²) >= 11 is 1.27. The molecule has 0 spiro atoms. The fraction of sp³-hybridized carbons (Fsp3) is 0.273. The molecule has 2 heterocycles. The average molecular weight is 439 g/mol. The quantitative estimate of drug-likeness (QED) is 0.350. The van der Waals surface area contributed by atoms with E-state index in [0.717, 1.165) is 11.3 Å². The molecule has 0 aliphatic carbocycles. The Morgan fingerprint density at radius 2 is 1.90 bits per heavy atom. The van der Waals surface area contributed by atoms with Gasteiger partial charge in [0, 0.05) is 5.75 Å². The van der Waals surface area contributed by atoms with Crippen molar-refractivity contribution < 1.29 is 14.6 Å². The van der Waals surface area contributed by atoms with Crippen LogP contribution in [0, 0.1) is 6.92 Å². The Bertz CT molecular complexity index is 1310. The molecule has 8 nitrogen and oxygen atoms in total. The minimum absolute atomic E-state index is 0.0910. The van der Waals surface area contributed by atoms with Gasteiger partial charge in [0.1, 0.15) is 0 Å². The molecule has 0 saturated carbocycles. The van der Waals surface area contributed by atoms with Crippen LogP contribution >= 0.6 is 11.8 Å². The van der Waals surface area contributed by atoms with Crippen LogP contribution < -0.4 is 5.56 Å². The fourth-order valence-electron chi connectivity index (χ4n) is 3.45. The number of aromatic nitrogens is 4. The number of aryl methyl sites for hydroxylation is 1. The third-order valence-electron chi connectivity index (χ3n) is 4.86. The first-order chi connectivity index (χ1) is 15.0. The van der Waals surface area contributed by atoms with Crippen molar-refractivity contribution in [2.75, 3.05) is 12.4 Å².